The quantitative estimate of drug-likeness (QED) is 0.704. The van der Waals surface area contributed by atoms with Gasteiger partial charge in [0.15, 0.2) is 0 Å². The van der Waals surface area contributed by atoms with Crippen LogP contribution in [0.5, 0.6) is 5.75 Å². The molecule has 0 unspecified atom stereocenters. The highest BCUT2D eigenvalue weighted by Crippen LogP contribution is 2.32. The molecule has 0 amide bonds. The predicted molar refractivity (Wildman–Crippen MR) is 102 cm³/mol. The van der Waals surface area contributed by atoms with Crippen molar-refractivity contribution in [1.82, 2.24) is 4.72 Å². The van der Waals surface area contributed by atoms with Crippen molar-refractivity contribution < 1.29 is 13.2 Å². The molecular weight excluding hydrogens is 354 g/mol. The first-order chi connectivity index (χ1) is 12.0. The number of hydrogen-bond donors (Lipinski definition) is 1. The van der Waals surface area contributed by atoms with Crippen LogP contribution in [0.3, 0.4) is 0 Å². The van der Waals surface area contributed by atoms with Crippen LogP contribution in [-0.2, 0) is 16.6 Å². The maximum absolute atomic E-state index is 12.7. The van der Waals surface area contributed by atoms with Crippen molar-refractivity contribution in [1.29, 1.82) is 0 Å². The highest BCUT2D eigenvalue weighted by atomic mass is 32.2. The Morgan fingerprint density at radius 2 is 1.76 bits per heavy atom. The van der Waals surface area contributed by atoms with Crippen LogP contribution in [0.25, 0.3) is 10.4 Å². The van der Waals surface area contributed by atoms with E-state index in [1.807, 2.05) is 29.6 Å². The molecule has 0 aliphatic carbocycles. The maximum Gasteiger partial charge on any atom is 0.244 e. The predicted octanol–water partition coefficient (Wildman–Crippen LogP) is 4.21. The summed E-state index contributed by atoms with van der Waals surface area (Å²) in [5, 5.41) is 2.04. The summed E-state index contributed by atoms with van der Waals surface area (Å²) in [4.78, 5) is 1.30. The van der Waals surface area contributed by atoms with Gasteiger partial charge in [-0.3, -0.25) is 0 Å². The van der Waals surface area contributed by atoms with Crippen LogP contribution < -0.4 is 9.46 Å². The molecule has 1 N–H and O–H groups in total. The first-order valence-corrected chi connectivity index (χ1v) is 10.1. The lowest BCUT2D eigenvalue weighted by molar-refractivity contribution is 0.402. The zero-order chi connectivity index (χ0) is 17.9. The van der Waals surface area contributed by atoms with E-state index >= 15 is 0 Å². The topological polar surface area (TPSA) is 55.4 Å². The van der Waals surface area contributed by atoms with Crippen molar-refractivity contribution in [3.63, 3.8) is 0 Å². The Labute approximate surface area is 152 Å². The fourth-order valence-corrected chi connectivity index (χ4v) is 4.80. The lowest BCUT2D eigenvalue weighted by Crippen LogP contribution is -2.24. The number of nitrogens with one attached hydrogen (secondary N) is 1. The normalized spacial score (nSPS) is 11.4. The molecule has 0 saturated heterocycles. The molecule has 3 rings (SSSR count). The summed E-state index contributed by atoms with van der Waals surface area (Å²) in [6.07, 6.45) is 0. The Morgan fingerprint density at radius 1 is 1.04 bits per heavy atom. The third-order valence-corrected chi connectivity index (χ3v) is 6.43. The molecule has 0 saturated carbocycles. The van der Waals surface area contributed by atoms with E-state index in [0.29, 0.717) is 5.75 Å². The highest BCUT2D eigenvalue weighted by Gasteiger charge is 2.19. The molecule has 130 valence electrons. The van der Waals surface area contributed by atoms with Crippen LogP contribution in [0.2, 0.25) is 0 Å². The Balaban J connectivity index is 1.89. The Kier molecular flexibility index (Phi) is 5.22. The third kappa shape index (κ3) is 3.76. The van der Waals surface area contributed by atoms with Gasteiger partial charge in [0.25, 0.3) is 0 Å². The maximum atomic E-state index is 12.7. The number of hydrogen-bond acceptors (Lipinski definition) is 4. The summed E-state index contributed by atoms with van der Waals surface area (Å²) in [6, 6.07) is 16.5. The number of para-hydroxylation sites is 1. The smallest absolute Gasteiger partial charge is 0.244 e. The molecule has 1 aromatic heterocycles. The van der Waals surface area contributed by atoms with Gasteiger partial charge in [0, 0.05) is 11.4 Å². The zero-order valence-electron chi connectivity index (χ0n) is 14.0. The van der Waals surface area contributed by atoms with Crippen molar-refractivity contribution >= 4 is 21.4 Å². The van der Waals surface area contributed by atoms with Crippen molar-refractivity contribution in [2.45, 2.75) is 18.4 Å². The minimum atomic E-state index is -3.67. The first kappa shape index (κ1) is 17.7. The molecule has 25 heavy (non-hydrogen) atoms. The standard InChI is InChI=1S/C19H19NO3S2/c1-14-11-12-24-19(14)16-8-4-3-7-15(16)13-20-25(21,22)18-10-6-5-9-17(18)23-2/h3-12,20H,13H2,1-2H3. The van der Waals surface area contributed by atoms with Crippen molar-refractivity contribution in [3.8, 4) is 16.2 Å². The van der Waals surface area contributed by atoms with Crippen LogP contribution in [0, 0.1) is 6.92 Å². The van der Waals surface area contributed by atoms with E-state index in [0.717, 1.165) is 16.0 Å². The first-order valence-electron chi connectivity index (χ1n) is 7.78. The highest BCUT2D eigenvalue weighted by molar-refractivity contribution is 7.89. The van der Waals surface area contributed by atoms with E-state index in [1.54, 1.807) is 29.5 Å². The van der Waals surface area contributed by atoms with Gasteiger partial charge >= 0.3 is 0 Å². The SMILES string of the molecule is COc1ccccc1S(=O)(=O)NCc1ccccc1-c1sccc1C. The second kappa shape index (κ2) is 7.39. The number of aryl methyl sites for hydroxylation is 1. The summed E-state index contributed by atoms with van der Waals surface area (Å²) in [5.41, 5.74) is 3.18. The average molecular weight is 373 g/mol. The van der Waals surface area contributed by atoms with Gasteiger partial charge in [-0.2, -0.15) is 0 Å². The zero-order valence-corrected chi connectivity index (χ0v) is 15.7. The molecular formula is C19H19NO3S2. The molecule has 0 aliphatic rings. The number of methoxy groups -OCH3 is 1. The molecule has 3 aromatic rings. The van der Waals surface area contributed by atoms with Crippen LogP contribution >= 0.6 is 11.3 Å². The second-order valence-electron chi connectivity index (χ2n) is 5.57. The van der Waals surface area contributed by atoms with Gasteiger partial charge < -0.3 is 4.74 Å². The summed E-state index contributed by atoms with van der Waals surface area (Å²) in [5.74, 6) is 0.331. The molecule has 0 fully saturated rings. The third-order valence-electron chi connectivity index (χ3n) is 3.94. The van der Waals surface area contributed by atoms with Crippen molar-refractivity contribution in [2.24, 2.45) is 0 Å². The van der Waals surface area contributed by atoms with Gasteiger partial charge in [0.2, 0.25) is 10.0 Å². The number of ether oxygens (including phenoxy) is 1. The lowest BCUT2D eigenvalue weighted by Gasteiger charge is -2.13. The van der Waals surface area contributed by atoms with E-state index < -0.39 is 10.0 Å². The molecule has 0 atom stereocenters. The van der Waals surface area contributed by atoms with Gasteiger partial charge in [-0.1, -0.05) is 36.4 Å². The van der Waals surface area contributed by atoms with Gasteiger partial charge in [-0.15, -0.1) is 11.3 Å². The minimum Gasteiger partial charge on any atom is -0.495 e. The van der Waals surface area contributed by atoms with Gasteiger partial charge in [-0.25, -0.2) is 13.1 Å². The van der Waals surface area contributed by atoms with Crippen LogP contribution in [0.4, 0.5) is 0 Å². The lowest BCUT2D eigenvalue weighted by atomic mass is 10.0. The number of benzene rings is 2. The van der Waals surface area contributed by atoms with Crippen LogP contribution in [0.15, 0.2) is 64.9 Å². The van der Waals surface area contributed by atoms with Crippen molar-refractivity contribution in [3.05, 3.63) is 71.1 Å². The van der Waals surface area contributed by atoms with Gasteiger partial charge in [0.1, 0.15) is 10.6 Å². The summed E-state index contributed by atoms with van der Waals surface area (Å²) < 4.78 is 33.2. The molecule has 0 aliphatic heterocycles. The number of rotatable bonds is 6. The monoisotopic (exact) mass is 373 g/mol. The second-order valence-corrected chi connectivity index (χ2v) is 8.22. The van der Waals surface area contributed by atoms with Crippen molar-refractivity contribution in [2.75, 3.05) is 7.11 Å². The van der Waals surface area contributed by atoms with Crippen LogP contribution in [0.1, 0.15) is 11.1 Å². The van der Waals surface area contributed by atoms with E-state index in [1.165, 1.54) is 18.7 Å². The summed E-state index contributed by atoms with van der Waals surface area (Å²) in [7, 11) is -2.21. The van der Waals surface area contributed by atoms with Gasteiger partial charge in [0.05, 0.1) is 7.11 Å². The van der Waals surface area contributed by atoms with E-state index in [-0.39, 0.29) is 11.4 Å². The molecule has 4 nitrogen and oxygen atoms in total. The average Bonchev–Trinajstić information content (AvgIpc) is 3.06. The Hall–Kier alpha value is -2.15. The number of thiophene rings is 1. The molecule has 1 heterocycles. The molecule has 0 bridgehead atoms. The molecule has 2 aromatic carbocycles. The Morgan fingerprint density at radius 3 is 2.48 bits per heavy atom. The number of sulfonamides is 1. The Bertz CT molecular complexity index is 978. The summed E-state index contributed by atoms with van der Waals surface area (Å²) >= 11 is 1.66. The van der Waals surface area contributed by atoms with E-state index in [2.05, 4.69) is 17.7 Å². The molecule has 0 radical (unpaired) electrons. The fraction of sp³-hybridized carbons (Fsp3) is 0.158. The van der Waals surface area contributed by atoms with E-state index in [9.17, 15) is 8.42 Å². The minimum absolute atomic E-state index is 0.141. The van der Waals surface area contributed by atoms with E-state index in [4.69, 9.17) is 4.74 Å². The molecule has 6 heteroatoms. The van der Waals surface area contributed by atoms with Gasteiger partial charge in [-0.05, 0) is 47.2 Å². The largest absolute Gasteiger partial charge is 0.495 e. The van der Waals surface area contributed by atoms with Crippen LogP contribution in [-0.4, -0.2) is 15.5 Å². The fourth-order valence-electron chi connectivity index (χ4n) is 2.64. The summed E-state index contributed by atoms with van der Waals surface area (Å²) in [6.45, 7) is 2.27. The molecule has 0 spiro atoms.